The maximum Gasteiger partial charge on any atom is 0.254 e. The van der Waals surface area contributed by atoms with Gasteiger partial charge in [-0.25, -0.2) is 4.39 Å². The SMILES string of the molecule is Cl.Cl.O=C(c1ccc(Cl)cc1)N1CCCCC1CCN1CCN(c2ccc(F)cc2)CC1. The van der Waals surface area contributed by atoms with Crippen molar-refractivity contribution in [2.24, 2.45) is 0 Å². The van der Waals surface area contributed by atoms with Crippen LogP contribution in [0.15, 0.2) is 48.5 Å². The van der Waals surface area contributed by atoms with E-state index < -0.39 is 0 Å². The quantitative estimate of drug-likeness (QED) is 0.538. The van der Waals surface area contributed by atoms with Gasteiger partial charge in [-0.1, -0.05) is 11.6 Å². The van der Waals surface area contributed by atoms with Crippen molar-refractivity contribution in [2.45, 2.75) is 31.7 Å². The highest BCUT2D eigenvalue weighted by Crippen LogP contribution is 2.24. The van der Waals surface area contributed by atoms with Crippen LogP contribution in [-0.4, -0.2) is 61.0 Å². The third kappa shape index (κ3) is 6.74. The Labute approximate surface area is 207 Å². The number of carbonyl (C=O) groups is 1. The molecule has 2 fully saturated rings. The smallest absolute Gasteiger partial charge is 0.254 e. The first-order valence-electron chi connectivity index (χ1n) is 10.9. The summed E-state index contributed by atoms with van der Waals surface area (Å²) in [5.41, 5.74) is 1.81. The molecule has 1 amide bonds. The van der Waals surface area contributed by atoms with Gasteiger partial charge in [-0.3, -0.25) is 9.69 Å². The maximum atomic E-state index is 13.1. The predicted octanol–water partition coefficient (Wildman–Crippen LogP) is 5.53. The van der Waals surface area contributed by atoms with Crippen molar-refractivity contribution in [1.29, 1.82) is 0 Å². The van der Waals surface area contributed by atoms with Crippen molar-refractivity contribution in [1.82, 2.24) is 9.80 Å². The molecule has 1 unspecified atom stereocenters. The molecule has 4 rings (SSSR count). The van der Waals surface area contributed by atoms with Crippen LogP contribution in [0.2, 0.25) is 5.02 Å². The summed E-state index contributed by atoms with van der Waals surface area (Å²) in [4.78, 5) is 19.9. The minimum atomic E-state index is -0.192. The summed E-state index contributed by atoms with van der Waals surface area (Å²) in [6.45, 7) is 5.73. The summed E-state index contributed by atoms with van der Waals surface area (Å²) < 4.78 is 13.1. The summed E-state index contributed by atoms with van der Waals surface area (Å²) in [5, 5.41) is 0.654. The number of anilines is 1. The topological polar surface area (TPSA) is 26.8 Å². The molecule has 8 heteroatoms. The molecule has 2 aromatic carbocycles. The first kappa shape index (κ1) is 26.7. The highest BCUT2D eigenvalue weighted by atomic mass is 35.5. The molecule has 0 radical (unpaired) electrons. The van der Waals surface area contributed by atoms with Crippen molar-refractivity contribution < 1.29 is 9.18 Å². The van der Waals surface area contributed by atoms with Crippen LogP contribution in [0.4, 0.5) is 10.1 Å². The highest BCUT2D eigenvalue weighted by molar-refractivity contribution is 6.30. The van der Waals surface area contributed by atoms with Gasteiger partial charge in [0.05, 0.1) is 0 Å². The molecule has 1 atom stereocenters. The number of hydrogen-bond acceptors (Lipinski definition) is 3. The van der Waals surface area contributed by atoms with Gasteiger partial charge in [0.15, 0.2) is 0 Å². The van der Waals surface area contributed by atoms with Crippen molar-refractivity contribution in [3.63, 3.8) is 0 Å². The second-order valence-corrected chi connectivity index (χ2v) is 8.69. The largest absolute Gasteiger partial charge is 0.369 e. The molecule has 0 bridgehead atoms. The Morgan fingerprint density at radius 2 is 1.56 bits per heavy atom. The lowest BCUT2D eigenvalue weighted by molar-refractivity contribution is 0.0582. The Kier molecular flexibility index (Phi) is 10.6. The molecule has 4 nitrogen and oxygen atoms in total. The van der Waals surface area contributed by atoms with Crippen molar-refractivity contribution in [2.75, 3.05) is 44.2 Å². The summed E-state index contributed by atoms with van der Waals surface area (Å²) in [6.07, 6.45) is 4.35. The number of amides is 1. The van der Waals surface area contributed by atoms with Crippen LogP contribution in [0.25, 0.3) is 0 Å². The Morgan fingerprint density at radius 3 is 2.22 bits per heavy atom. The minimum Gasteiger partial charge on any atom is -0.369 e. The Morgan fingerprint density at radius 1 is 0.906 bits per heavy atom. The van der Waals surface area contributed by atoms with E-state index in [1.807, 2.05) is 24.3 Å². The van der Waals surface area contributed by atoms with E-state index in [1.54, 1.807) is 12.1 Å². The molecule has 0 N–H and O–H groups in total. The van der Waals surface area contributed by atoms with E-state index in [9.17, 15) is 9.18 Å². The van der Waals surface area contributed by atoms with E-state index in [0.29, 0.717) is 11.1 Å². The summed E-state index contributed by atoms with van der Waals surface area (Å²) in [7, 11) is 0. The molecular formula is C24H31Cl3FN3O. The second kappa shape index (κ2) is 12.6. The number of piperidine rings is 1. The predicted molar refractivity (Wildman–Crippen MR) is 134 cm³/mol. The van der Waals surface area contributed by atoms with Gasteiger partial charge < -0.3 is 9.80 Å². The average Bonchev–Trinajstić information content (AvgIpc) is 2.79. The van der Waals surface area contributed by atoms with E-state index >= 15 is 0 Å². The molecule has 32 heavy (non-hydrogen) atoms. The molecule has 2 aliphatic heterocycles. The lowest BCUT2D eigenvalue weighted by atomic mass is 9.97. The van der Waals surface area contributed by atoms with Crippen molar-refractivity contribution in [3.05, 3.63) is 64.9 Å². The number of benzene rings is 2. The third-order valence-electron chi connectivity index (χ3n) is 6.32. The number of rotatable bonds is 5. The number of hydrogen-bond donors (Lipinski definition) is 0. The molecular weight excluding hydrogens is 472 g/mol. The van der Waals surface area contributed by atoms with Gasteiger partial charge in [-0.05, 0) is 74.2 Å². The fourth-order valence-corrected chi connectivity index (χ4v) is 4.67. The normalized spacial score (nSPS) is 19.1. The average molecular weight is 503 g/mol. The molecule has 0 aliphatic carbocycles. The van der Waals surface area contributed by atoms with E-state index in [-0.39, 0.29) is 36.5 Å². The standard InChI is InChI=1S/C24H29ClFN3O.2ClH/c25-20-6-4-19(5-7-20)24(30)29-13-2-1-3-23(29)12-14-27-15-17-28(18-16-27)22-10-8-21(26)9-11-22;;/h4-11,23H,1-3,12-18H2;2*1H. The number of likely N-dealkylation sites (tertiary alicyclic amines) is 1. The Hall–Kier alpha value is -1.53. The van der Waals surface area contributed by atoms with Gasteiger partial charge in [-0.15, -0.1) is 24.8 Å². The zero-order valence-electron chi connectivity index (χ0n) is 18.1. The van der Waals surface area contributed by atoms with Gasteiger partial charge in [0, 0.05) is 61.6 Å². The Bertz CT molecular complexity index is 843. The third-order valence-corrected chi connectivity index (χ3v) is 6.57. The molecule has 0 aromatic heterocycles. The van der Waals surface area contributed by atoms with E-state index in [0.717, 1.165) is 69.8 Å². The van der Waals surface area contributed by atoms with E-state index in [2.05, 4.69) is 14.7 Å². The lowest BCUT2D eigenvalue weighted by Crippen LogP contribution is -2.49. The second-order valence-electron chi connectivity index (χ2n) is 8.25. The minimum absolute atomic E-state index is 0. The fraction of sp³-hybridized carbons (Fsp3) is 0.458. The van der Waals surface area contributed by atoms with Crippen molar-refractivity contribution in [3.8, 4) is 0 Å². The molecule has 0 spiro atoms. The summed E-state index contributed by atoms with van der Waals surface area (Å²) in [5.74, 6) is -0.0694. The number of nitrogens with zero attached hydrogens (tertiary/aromatic N) is 3. The van der Waals surface area contributed by atoms with Crippen LogP contribution >= 0.6 is 36.4 Å². The van der Waals surface area contributed by atoms with Crippen LogP contribution in [0.3, 0.4) is 0 Å². The lowest BCUT2D eigenvalue weighted by Gasteiger charge is -2.39. The molecule has 0 saturated carbocycles. The van der Waals surface area contributed by atoms with Crippen LogP contribution in [0.5, 0.6) is 0 Å². The van der Waals surface area contributed by atoms with Crippen LogP contribution in [-0.2, 0) is 0 Å². The molecule has 2 aromatic rings. The van der Waals surface area contributed by atoms with E-state index in [4.69, 9.17) is 11.6 Å². The van der Waals surface area contributed by atoms with Gasteiger partial charge in [0.25, 0.3) is 5.91 Å². The van der Waals surface area contributed by atoms with Gasteiger partial charge in [-0.2, -0.15) is 0 Å². The molecule has 2 aliphatic rings. The first-order chi connectivity index (χ1) is 14.6. The summed E-state index contributed by atoms with van der Waals surface area (Å²) in [6, 6.07) is 14.3. The molecule has 176 valence electrons. The Balaban J connectivity index is 0.00000181. The van der Waals surface area contributed by atoms with Gasteiger partial charge in [0.1, 0.15) is 5.82 Å². The van der Waals surface area contributed by atoms with Crippen LogP contribution < -0.4 is 4.90 Å². The zero-order valence-corrected chi connectivity index (χ0v) is 20.5. The zero-order chi connectivity index (χ0) is 20.9. The van der Waals surface area contributed by atoms with E-state index in [1.165, 1.54) is 18.6 Å². The van der Waals surface area contributed by atoms with Gasteiger partial charge >= 0.3 is 0 Å². The highest BCUT2D eigenvalue weighted by Gasteiger charge is 2.28. The monoisotopic (exact) mass is 501 g/mol. The molecule has 2 saturated heterocycles. The molecule has 2 heterocycles. The number of carbonyl (C=O) groups excluding carboxylic acids is 1. The van der Waals surface area contributed by atoms with Gasteiger partial charge in [0.2, 0.25) is 0 Å². The summed E-state index contributed by atoms with van der Waals surface area (Å²) >= 11 is 5.97. The first-order valence-corrected chi connectivity index (χ1v) is 11.3. The maximum absolute atomic E-state index is 13.1. The van der Waals surface area contributed by atoms with Crippen LogP contribution in [0.1, 0.15) is 36.0 Å². The fourth-order valence-electron chi connectivity index (χ4n) is 4.54. The van der Waals surface area contributed by atoms with Crippen LogP contribution in [0, 0.1) is 5.82 Å². The number of halogens is 4. The number of piperazine rings is 1. The van der Waals surface area contributed by atoms with Crippen molar-refractivity contribution >= 4 is 48.0 Å².